The molecular weight excluding hydrogens is 283 g/mol. The largest absolute Gasteiger partial charge is 0.294 e. The molecule has 0 unspecified atom stereocenters. The molecule has 3 rings (SSSR count). The minimum Gasteiger partial charge on any atom is -0.294 e. The number of nitrogens with zero attached hydrogens (tertiary/aromatic N) is 2. The summed E-state index contributed by atoms with van der Waals surface area (Å²) in [4.78, 5) is 37.9. The van der Waals surface area contributed by atoms with E-state index in [1.807, 2.05) is 0 Å². The van der Waals surface area contributed by atoms with Crippen molar-refractivity contribution in [2.75, 3.05) is 6.54 Å². The first-order valence-electron chi connectivity index (χ1n) is 6.39. The van der Waals surface area contributed by atoms with E-state index < -0.39 is 17.6 Å². The quantitative estimate of drug-likeness (QED) is 0.614. The van der Waals surface area contributed by atoms with Gasteiger partial charge in [-0.1, -0.05) is 0 Å². The second kappa shape index (κ2) is 4.37. The normalized spacial score (nSPS) is 26.4. The maximum absolute atomic E-state index is 15.1. The molecule has 0 radical (unpaired) electrons. The van der Waals surface area contributed by atoms with Crippen molar-refractivity contribution < 1.29 is 18.8 Å². The number of rotatable bonds is 2. The van der Waals surface area contributed by atoms with Crippen molar-refractivity contribution in [3.05, 3.63) is 21.9 Å². The third-order valence-electron chi connectivity index (χ3n) is 3.83. The van der Waals surface area contributed by atoms with Gasteiger partial charge in [0, 0.05) is 24.8 Å². The first kappa shape index (κ1) is 13.2. The Morgan fingerprint density at radius 1 is 1.35 bits per heavy atom. The monoisotopic (exact) mass is 296 g/mol. The van der Waals surface area contributed by atoms with Crippen molar-refractivity contribution in [3.63, 3.8) is 0 Å². The molecule has 0 bridgehead atoms. The molecule has 3 amide bonds. The van der Waals surface area contributed by atoms with Crippen LogP contribution in [-0.4, -0.2) is 39.9 Å². The summed E-state index contributed by atoms with van der Waals surface area (Å²) < 4.78 is 15.1. The molecule has 0 aromatic carbocycles. The molecule has 0 aliphatic carbocycles. The fourth-order valence-corrected chi connectivity index (χ4v) is 3.53. The number of piperidine rings is 1. The number of imide groups is 1. The predicted octanol–water partition coefficient (Wildman–Crippen LogP) is 1.54. The molecule has 1 atom stereocenters. The number of fused-ring (bicyclic) bond motifs is 1. The van der Waals surface area contributed by atoms with Gasteiger partial charge in [-0.3, -0.25) is 24.2 Å². The smallest absolute Gasteiger partial charge is 0.288 e. The molecule has 0 N–H and O–H groups in total. The summed E-state index contributed by atoms with van der Waals surface area (Å²) in [5, 5.41) is 3.45. The first-order chi connectivity index (χ1) is 9.49. The molecule has 3 heterocycles. The van der Waals surface area contributed by atoms with Gasteiger partial charge in [-0.25, -0.2) is 4.39 Å². The van der Waals surface area contributed by atoms with Gasteiger partial charge in [0.15, 0.2) is 0 Å². The van der Waals surface area contributed by atoms with E-state index in [9.17, 15) is 14.4 Å². The Balaban J connectivity index is 1.94. The van der Waals surface area contributed by atoms with E-state index in [0.717, 1.165) is 15.4 Å². The van der Waals surface area contributed by atoms with E-state index in [1.54, 1.807) is 17.7 Å². The van der Waals surface area contributed by atoms with Crippen molar-refractivity contribution in [2.45, 2.75) is 32.1 Å². The molecule has 2 aliphatic heterocycles. The van der Waals surface area contributed by atoms with Gasteiger partial charge in [-0.15, -0.1) is 0 Å². The van der Waals surface area contributed by atoms with Crippen LogP contribution in [0.1, 0.15) is 35.7 Å². The predicted molar refractivity (Wildman–Crippen MR) is 69.7 cm³/mol. The van der Waals surface area contributed by atoms with Crippen LogP contribution in [0.5, 0.6) is 0 Å². The molecule has 1 aromatic rings. The zero-order valence-corrected chi connectivity index (χ0v) is 11.7. The number of hydrogen-bond donors (Lipinski definition) is 0. The second-order valence-electron chi connectivity index (χ2n) is 4.90. The second-order valence-corrected chi connectivity index (χ2v) is 5.65. The minimum atomic E-state index is -2.41. The van der Waals surface area contributed by atoms with Gasteiger partial charge in [-0.2, -0.15) is 11.3 Å². The molecule has 1 aromatic heterocycles. The summed E-state index contributed by atoms with van der Waals surface area (Å²) in [6.07, 6.45) is -0.326. The summed E-state index contributed by atoms with van der Waals surface area (Å²) in [6, 6.07) is 0. The van der Waals surface area contributed by atoms with E-state index in [2.05, 4.69) is 0 Å². The van der Waals surface area contributed by atoms with Crippen LogP contribution >= 0.6 is 11.3 Å². The van der Waals surface area contributed by atoms with Crippen molar-refractivity contribution >= 4 is 29.1 Å². The standard InChI is InChI=1S/C13H13FN2O3S/c1-2-15-10(17)3-4-13(14,12(15)19)16-5-8-6-20-7-9(8)11(16)18/h6-7H,2-5H2,1H3/t13-/m1/s1. The third kappa shape index (κ3) is 1.62. The Labute approximate surface area is 119 Å². The number of carbonyl (C=O) groups is 3. The topological polar surface area (TPSA) is 57.7 Å². The van der Waals surface area contributed by atoms with Crippen LogP contribution in [0.15, 0.2) is 10.8 Å². The molecule has 7 heteroatoms. The number of amides is 3. The number of likely N-dealkylation sites (N-methyl/N-ethyl adjacent to an activating group) is 1. The number of carbonyl (C=O) groups excluding carboxylic acids is 3. The summed E-state index contributed by atoms with van der Waals surface area (Å²) in [5.41, 5.74) is 1.20. The lowest BCUT2D eigenvalue weighted by Crippen LogP contribution is -2.61. The van der Waals surface area contributed by atoms with E-state index in [0.29, 0.717) is 5.56 Å². The number of alkyl halides is 1. The van der Waals surface area contributed by atoms with Gasteiger partial charge in [0.1, 0.15) is 0 Å². The van der Waals surface area contributed by atoms with E-state index in [-0.39, 0.29) is 31.8 Å². The van der Waals surface area contributed by atoms with Crippen LogP contribution in [0.3, 0.4) is 0 Å². The summed E-state index contributed by atoms with van der Waals surface area (Å²) in [6.45, 7) is 1.82. The molecule has 5 nitrogen and oxygen atoms in total. The fraction of sp³-hybridized carbons (Fsp3) is 0.462. The zero-order valence-electron chi connectivity index (χ0n) is 10.9. The maximum atomic E-state index is 15.1. The molecule has 2 aliphatic rings. The first-order valence-corrected chi connectivity index (χ1v) is 7.34. The zero-order chi connectivity index (χ0) is 14.5. The van der Waals surface area contributed by atoms with Crippen LogP contribution < -0.4 is 0 Å². The lowest BCUT2D eigenvalue weighted by Gasteiger charge is -2.39. The SMILES string of the molecule is CCN1C(=O)CC[C@@](F)(N2Cc3cscc3C2=O)C1=O. The van der Waals surface area contributed by atoms with E-state index >= 15 is 4.39 Å². The van der Waals surface area contributed by atoms with Crippen LogP contribution in [0.2, 0.25) is 0 Å². The Bertz CT molecular complexity index is 615. The van der Waals surface area contributed by atoms with Crippen LogP contribution in [-0.2, 0) is 16.1 Å². The lowest BCUT2D eigenvalue weighted by molar-refractivity contribution is -0.169. The Morgan fingerprint density at radius 3 is 2.75 bits per heavy atom. The van der Waals surface area contributed by atoms with Gasteiger partial charge in [-0.05, 0) is 17.9 Å². The molecule has 0 saturated carbocycles. The molecule has 1 fully saturated rings. The summed E-state index contributed by atoms with van der Waals surface area (Å²) in [7, 11) is 0. The van der Waals surface area contributed by atoms with Crippen molar-refractivity contribution in [2.24, 2.45) is 0 Å². The molecule has 1 saturated heterocycles. The van der Waals surface area contributed by atoms with Gasteiger partial charge in [0.25, 0.3) is 17.6 Å². The van der Waals surface area contributed by atoms with Crippen molar-refractivity contribution in [1.82, 2.24) is 9.80 Å². The molecular formula is C13H13FN2O3S. The Kier molecular flexibility index (Phi) is 2.89. The Morgan fingerprint density at radius 2 is 2.10 bits per heavy atom. The fourth-order valence-electron chi connectivity index (χ4n) is 2.71. The summed E-state index contributed by atoms with van der Waals surface area (Å²) in [5.74, 6) is -4.18. The maximum Gasteiger partial charge on any atom is 0.288 e. The number of thiophene rings is 1. The summed E-state index contributed by atoms with van der Waals surface area (Å²) >= 11 is 1.38. The highest BCUT2D eigenvalue weighted by Crippen LogP contribution is 2.38. The lowest BCUT2D eigenvalue weighted by atomic mass is 9.99. The van der Waals surface area contributed by atoms with Gasteiger partial charge >= 0.3 is 0 Å². The Hall–Kier alpha value is -1.76. The average Bonchev–Trinajstić information content (AvgIpc) is 2.99. The van der Waals surface area contributed by atoms with E-state index in [1.165, 1.54) is 11.3 Å². The highest BCUT2D eigenvalue weighted by molar-refractivity contribution is 7.08. The third-order valence-corrected chi connectivity index (χ3v) is 4.63. The van der Waals surface area contributed by atoms with Gasteiger partial charge in [0.2, 0.25) is 5.91 Å². The van der Waals surface area contributed by atoms with Crippen molar-refractivity contribution in [3.8, 4) is 0 Å². The van der Waals surface area contributed by atoms with Gasteiger partial charge in [0.05, 0.1) is 12.1 Å². The highest BCUT2D eigenvalue weighted by Gasteiger charge is 2.55. The molecule has 20 heavy (non-hydrogen) atoms. The number of likely N-dealkylation sites (tertiary alicyclic amines) is 1. The molecule has 106 valence electrons. The van der Waals surface area contributed by atoms with Crippen molar-refractivity contribution in [1.29, 1.82) is 0 Å². The van der Waals surface area contributed by atoms with Gasteiger partial charge < -0.3 is 0 Å². The number of halogens is 1. The highest BCUT2D eigenvalue weighted by atomic mass is 32.1. The minimum absolute atomic E-state index is 0.0628. The van der Waals surface area contributed by atoms with Crippen LogP contribution in [0.25, 0.3) is 0 Å². The van der Waals surface area contributed by atoms with Crippen LogP contribution in [0.4, 0.5) is 4.39 Å². The number of hydrogen-bond acceptors (Lipinski definition) is 4. The van der Waals surface area contributed by atoms with E-state index in [4.69, 9.17) is 0 Å². The molecule has 0 spiro atoms. The average molecular weight is 296 g/mol. The van der Waals surface area contributed by atoms with Crippen LogP contribution in [0, 0.1) is 0 Å².